The van der Waals surface area contributed by atoms with Crippen LogP contribution in [0, 0.1) is 11.3 Å². The summed E-state index contributed by atoms with van der Waals surface area (Å²) in [4.78, 5) is 34.7. The van der Waals surface area contributed by atoms with Gasteiger partial charge in [0.15, 0.2) is 11.5 Å². The van der Waals surface area contributed by atoms with Crippen molar-refractivity contribution in [3.8, 4) is 11.5 Å². The van der Waals surface area contributed by atoms with Gasteiger partial charge in [-0.05, 0) is 55.6 Å². The number of unbranched alkanes of at least 4 members (excludes halogenated alkanes) is 1. The summed E-state index contributed by atoms with van der Waals surface area (Å²) in [5, 5.41) is 3.61. The lowest BCUT2D eigenvalue weighted by Crippen LogP contribution is -2.40. The van der Waals surface area contributed by atoms with Crippen LogP contribution in [0.25, 0.3) is 11.0 Å². The Bertz CT molecular complexity index is 1120. The third-order valence-electron chi connectivity index (χ3n) is 7.17. The van der Waals surface area contributed by atoms with Gasteiger partial charge in [-0.25, -0.2) is 14.4 Å². The number of rotatable bonds is 13. The number of carbonyl (C=O) groups excluding carboxylic acids is 2. The monoisotopic (exact) mass is 532 g/mol. The highest BCUT2D eigenvalue weighted by molar-refractivity contribution is 5.80. The van der Waals surface area contributed by atoms with Crippen molar-refractivity contribution in [2.24, 2.45) is 17.1 Å². The number of nitrogens with two attached hydrogens (primary N) is 1. The first-order chi connectivity index (χ1) is 18.2. The summed E-state index contributed by atoms with van der Waals surface area (Å²) in [5.74, 6) is 1.33. The number of amides is 2. The molecule has 210 valence electrons. The van der Waals surface area contributed by atoms with Crippen LogP contribution in [0.3, 0.4) is 0 Å². The zero-order valence-corrected chi connectivity index (χ0v) is 22.6. The molecule has 2 amide bonds. The molecule has 2 aromatic rings. The van der Waals surface area contributed by atoms with Crippen LogP contribution in [-0.2, 0) is 9.47 Å². The fraction of sp³-hybridized carbons (Fsp3) is 0.607. The first kappa shape index (κ1) is 29.1. The minimum absolute atomic E-state index is 0.0127. The molecule has 0 bridgehead atoms. The Labute approximate surface area is 223 Å². The van der Waals surface area contributed by atoms with Crippen LogP contribution in [0.4, 0.5) is 9.59 Å². The molecule has 1 aromatic heterocycles. The van der Waals surface area contributed by atoms with Crippen LogP contribution < -0.4 is 26.1 Å². The molecule has 1 saturated carbocycles. The molecule has 0 spiro atoms. The van der Waals surface area contributed by atoms with E-state index in [1.165, 1.54) is 31.4 Å². The second kappa shape index (κ2) is 13.9. The summed E-state index contributed by atoms with van der Waals surface area (Å²) in [7, 11) is 0. The lowest BCUT2D eigenvalue weighted by atomic mass is 9.68. The molecular weight excluding hydrogens is 492 g/mol. The van der Waals surface area contributed by atoms with Gasteiger partial charge in [0.05, 0.1) is 0 Å². The van der Waals surface area contributed by atoms with Crippen molar-refractivity contribution in [1.29, 1.82) is 0 Å². The van der Waals surface area contributed by atoms with Gasteiger partial charge in [0.2, 0.25) is 0 Å². The third-order valence-corrected chi connectivity index (χ3v) is 7.17. The average Bonchev–Trinajstić information content (AvgIpc) is 2.88. The van der Waals surface area contributed by atoms with E-state index >= 15 is 0 Å². The van der Waals surface area contributed by atoms with Gasteiger partial charge in [-0.3, -0.25) is 0 Å². The zero-order valence-electron chi connectivity index (χ0n) is 22.6. The van der Waals surface area contributed by atoms with E-state index < -0.39 is 17.8 Å². The molecule has 10 heteroatoms. The molecule has 1 aromatic carbocycles. The summed E-state index contributed by atoms with van der Waals surface area (Å²) >= 11 is 0. The van der Waals surface area contributed by atoms with Crippen molar-refractivity contribution in [3.63, 3.8) is 0 Å². The van der Waals surface area contributed by atoms with Crippen LogP contribution in [-0.4, -0.2) is 44.7 Å². The summed E-state index contributed by atoms with van der Waals surface area (Å²) in [6.07, 6.45) is 6.49. The molecule has 0 unspecified atom stereocenters. The van der Waals surface area contributed by atoms with E-state index in [9.17, 15) is 14.4 Å². The highest BCUT2D eigenvalue weighted by atomic mass is 16.6. The summed E-state index contributed by atoms with van der Waals surface area (Å²) in [6, 6.07) is 6.21. The van der Waals surface area contributed by atoms with Crippen molar-refractivity contribution in [3.05, 3.63) is 34.7 Å². The van der Waals surface area contributed by atoms with E-state index in [4.69, 9.17) is 24.4 Å². The highest BCUT2D eigenvalue weighted by Gasteiger charge is 2.33. The molecule has 0 atom stereocenters. The van der Waals surface area contributed by atoms with E-state index in [-0.39, 0.29) is 38.2 Å². The number of hydrogen-bond donors (Lipinski definition) is 2. The number of fused-ring (bicyclic) bond motifs is 1. The van der Waals surface area contributed by atoms with Gasteiger partial charge in [-0.1, -0.05) is 33.6 Å². The Hall–Kier alpha value is -3.43. The average molecular weight is 533 g/mol. The SMILES string of the molecule is CCCCC(C)(C)C1CCC(NC(=O)OCCOc2cc3ccc(=O)oc3cc2OCCOC(N)=O)CC1. The molecule has 1 aliphatic carbocycles. The van der Waals surface area contributed by atoms with Gasteiger partial charge in [-0.2, -0.15) is 0 Å². The smallest absolute Gasteiger partial charge is 0.407 e. The molecule has 0 radical (unpaired) electrons. The van der Waals surface area contributed by atoms with Gasteiger partial charge >= 0.3 is 17.8 Å². The Balaban J connectivity index is 1.46. The number of alkyl carbamates (subject to hydrolysis) is 1. The van der Waals surface area contributed by atoms with Crippen LogP contribution in [0.5, 0.6) is 11.5 Å². The van der Waals surface area contributed by atoms with Crippen molar-refractivity contribution >= 4 is 23.2 Å². The maximum absolute atomic E-state index is 12.3. The van der Waals surface area contributed by atoms with Gasteiger partial charge in [-0.15, -0.1) is 0 Å². The molecule has 3 N–H and O–H groups in total. The fourth-order valence-electron chi connectivity index (χ4n) is 4.95. The van der Waals surface area contributed by atoms with E-state index in [1.54, 1.807) is 12.1 Å². The Morgan fingerprint density at radius 3 is 2.32 bits per heavy atom. The first-order valence-electron chi connectivity index (χ1n) is 13.4. The predicted molar refractivity (Wildman–Crippen MR) is 143 cm³/mol. The number of ether oxygens (including phenoxy) is 4. The lowest BCUT2D eigenvalue weighted by molar-refractivity contribution is 0.105. The molecule has 38 heavy (non-hydrogen) atoms. The quantitative estimate of drug-likeness (QED) is 0.267. The maximum Gasteiger partial charge on any atom is 0.407 e. The highest BCUT2D eigenvalue weighted by Crippen LogP contribution is 2.41. The van der Waals surface area contributed by atoms with Gasteiger partial charge in [0, 0.05) is 23.6 Å². The third kappa shape index (κ3) is 8.85. The summed E-state index contributed by atoms with van der Waals surface area (Å²) in [6.45, 7) is 7.04. The standard InChI is InChI=1S/C28H40N2O8/c1-4-5-12-28(2,3)20-7-9-21(10-8-20)30-27(33)37-16-14-34-23-17-19-6-11-25(31)38-22(19)18-24(23)35-13-15-36-26(29)32/h6,11,17-18,20-21H,4-5,7-10,12-16H2,1-3H3,(H2,29,32)(H,30,33). The van der Waals surface area contributed by atoms with E-state index in [1.807, 2.05) is 0 Å². The largest absolute Gasteiger partial charge is 0.486 e. The second-order valence-corrected chi connectivity index (χ2v) is 10.4. The second-order valence-electron chi connectivity index (χ2n) is 10.4. The van der Waals surface area contributed by atoms with Crippen LogP contribution in [0.15, 0.2) is 33.5 Å². The minimum Gasteiger partial charge on any atom is -0.486 e. The van der Waals surface area contributed by atoms with E-state index in [0.29, 0.717) is 28.1 Å². The number of primary amides is 1. The number of carbonyl (C=O) groups is 2. The van der Waals surface area contributed by atoms with Gasteiger partial charge < -0.3 is 34.4 Å². The van der Waals surface area contributed by atoms with Crippen LogP contribution in [0.2, 0.25) is 0 Å². The number of nitrogens with one attached hydrogen (secondary N) is 1. The van der Waals surface area contributed by atoms with E-state index in [0.717, 1.165) is 25.7 Å². The predicted octanol–water partition coefficient (Wildman–Crippen LogP) is 5.15. The number of benzene rings is 1. The van der Waals surface area contributed by atoms with Crippen LogP contribution in [0.1, 0.15) is 65.7 Å². The molecule has 0 saturated heterocycles. The molecule has 3 rings (SSSR count). The Kier molecular flexibility index (Phi) is 10.7. The van der Waals surface area contributed by atoms with Gasteiger partial charge in [0.1, 0.15) is 32.0 Å². The lowest BCUT2D eigenvalue weighted by Gasteiger charge is -2.39. The van der Waals surface area contributed by atoms with Crippen molar-refractivity contribution in [2.45, 2.75) is 71.8 Å². The van der Waals surface area contributed by atoms with Crippen molar-refractivity contribution < 1.29 is 33.0 Å². The fourth-order valence-corrected chi connectivity index (χ4v) is 4.95. The summed E-state index contributed by atoms with van der Waals surface area (Å²) < 4.78 is 26.6. The molecular formula is C28H40N2O8. The molecule has 1 heterocycles. The number of hydrogen-bond acceptors (Lipinski definition) is 8. The van der Waals surface area contributed by atoms with E-state index in [2.05, 4.69) is 30.8 Å². The van der Waals surface area contributed by atoms with Crippen molar-refractivity contribution in [1.82, 2.24) is 5.32 Å². The normalized spacial score (nSPS) is 17.6. The summed E-state index contributed by atoms with van der Waals surface area (Å²) in [5.41, 5.74) is 5.11. The van der Waals surface area contributed by atoms with Crippen molar-refractivity contribution in [2.75, 3.05) is 26.4 Å². The zero-order chi connectivity index (χ0) is 27.5. The molecule has 0 aliphatic heterocycles. The molecule has 1 aliphatic rings. The first-order valence-corrected chi connectivity index (χ1v) is 13.4. The Morgan fingerprint density at radius 2 is 1.66 bits per heavy atom. The topological polar surface area (TPSA) is 139 Å². The Morgan fingerprint density at radius 1 is 1.00 bits per heavy atom. The maximum atomic E-state index is 12.3. The van der Waals surface area contributed by atoms with Crippen LogP contribution >= 0.6 is 0 Å². The molecule has 10 nitrogen and oxygen atoms in total. The van der Waals surface area contributed by atoms with Gasteiger partial charge in [0.25, 0.3) is 0 Å². The minimum atomic E-state index is -0.908. The molecule has 1 fully saturated rings.